The summed E-state index contributed by atoms with van der Waals surface area (Å²) < 4.78 is 5.55. The van der Waals surface area contributed by atoms with Gasteiger partial charge in [-0.25, -0.2) is 14.8 Å². The van der Waals surface area contributed by atoms with Gasteiger partial charge in [-0.15, -0.1) is 0 Å². The van der Waals surface area contributed by atoms with Crippen LogP contribution in [-0.2, 0) is 14.4 Å². The Morgan fingerprint density at radius 1 is 1.09 bits per heavy atom. The third-order valence-electron chi connectivity index (χ3n) is 5.84. The van der Waals surface area contributed by atoms with Crippen LogP contribution in [0.2, 0.25) is 5.02 Å². The van der Waals surface area contributed by atoms with E-state index in [4.69, 9.17) is 21.2 Å². The van der Waals surface area contributed by atoms with Crippen LogP contribution in [0.1, 0.15) is 59.1 Å². The van der Waals surface area contributed by atoms with Gasteiger partial charge in [0.2, 0.25) is 0 Å². The molecule has 2 atom stereocenters. The maximum Gasteiger partial charge on any atom is 0.417 e. The SMILES string of the molecule is CC(C)(C)OC(=O)N1C(=O)[C@]2(C[C@H](c3ccc(Cl)cc3)N(c3ccccc3)O2)CC1(C)C. The highest BCUT2D eigenvalue weighted by Gasteiger charge is 2.64. The van der Waals surface area contributed by atoms with Gasteiger partial charge < -0.3 is 4.74 Å². The number of anilines is 1. The lowest BCUT2D eigenvalue weighted by molar-refractivity contribution is -0.145. The number of carbonyl (C=O) groups excluding carboxylic acids is 2. The number of ether oxygens (including phenoxy) is 1. The summed E-state index contributed by atoms with van der Waals surface area (Å²) in [5, 5.41) is 2.43. The van der Waals surface area contributed by atoms with E-state index in [2.05, 4.69) is 0 Å². The molecule has 170 valence electrons. The van der Waals surface area contributed by atoms with Gasteiger partial charge in [-0.3, -0.25) is 9.63 Å². The van der Waals surface area contributed by atoms with Crippen LogP contribution in [0.5, 0.6) is 0 Å². The number of carbonyl (C=O) groups is 2. The number of halogens is 1. The molecule has 4 rings (SSSR count). The number of likely N-dealkylation sites (tertiary alicyclic amines) is 1. The van der Waals surface area contributed by atoms with Crippen molar-refractivity contribution in [3.8, 4) is 0 Å². The Kier molecular flexibility index (Phi) is 5.50. The van der Waals surface area contributed by atoms with E-state index in [1.165, 1.54) is 4.90 Å². The average molecular weight is 457 g/mol. The monoisotopic (exact) mass is 456 g/mol. The van der Waals surface area contributed by atoms with Crippen molar-refractivity contribution >= 4 is 29.3 Å². The molecule has 0 bridgehead atoms. The molecule has 0 N–H and O–H groups in total. The summed E-state index contributed by atoms with van der Waals surface area (Å²) >= 11 is 6.10. The lowest BCUT2D eigenvalue weighted by Crippen LogP contribution is -2.49. The lowest BCUT2D eigenvalue weighted by atomic mass is 9.86. The number of hydroxylamine groups is 1. The van der Waals surface area contributed by atoms with Gasteiger partial charge in [0.05, 0.1) is 17.3 Å². The third kappa shape index (κ3) is 4.09. The topological polar surface area (TPSA) is 59.1 Å². The Balaban J connectivity index is 1.72. The molecule has 2 aliphatic rings. The molecule has 0 saturated carbocycles. The second kappa shape index (κ2) is 7.78. The normalized spacial score (nSPS) is 24.9. The fourth-order valence-corrected chi connectivity index (χ4v) is 4.76. The van der Waals surface area contributed by atoms with Gasteiger partial charge >= 0.3 is 6.09 Å². The van der Waals surface area contributed by atoms with Crippen LogP contribution in [0.4, 0.5) is 10.5 Å². The largest absolute Gasteiger partial charge is 0.443 e. The maximum atomic E-state index is 13.7. The van der Waals surface area contributed by atoms with Crippen molar-refractivity contribution < 1.29 is 19.2 Å². The molecule has 0 aromatic heterocycles. The molecule has 0 aliphatic carbocycles. The molecule has 2 aromatic rings. The Morgan fingerprint density at radius 2 is 1.72 bits per heavy atom. The molecule has 1 spiro atoms. The van der Waals surface area contributed by atoms with Gasteiger partial charge in [0.1, 0.15) is 5.60 Å². The van der Waals surface area contributed by atoms with Crippen LogP contribution in [-0.4, -0.2) is 33.6 Å². The van der Waals surface area contributed by atoms with Gasteiger partial charge in [0.15, 0.2) is 5.60 Å². The minimum Gasteiger partial charge on any atom is -0.443 e. The molecule has 2 aromatic carbocycles. The first kappa shape index (κ1) is 22.6. The number of nitrogens with zero attached hydrogens (tertiary/aromatic N) is 2. The van der Waals surface area contributed by atoms with Crippen LogP contribution in [0.15, 0.2) is 54.6 Å². The van der Waals surface area contributed by atoms with Crippen molar-refractivity contribution in [3.63, 3.8) is 0 Å². The molecule has 0 radical (unpaired) electrons. The van der Waals surface area contributed by atoms with Gasteiger partial charge in [0, 0.05) is 17.9 Å². The lowest BCUT2D eigenvalue weighted by Gasteiger charge is -2.31. The van der Waals surface area contributed by atoms with Crippen molar-refractivity contribution in [3.05, 3.63) is 65.2 Å². The summed E-state index contributed by atoms with van der Waals surface area (Å²) in [6.07, 6.45) is 0.130. The van der Waals surface area contributed by atoms with Crippen molar-refractivity contribution in [1.29, 1.82) is 0 Å². The third-order valence-corrected chi connectivity index (χ3v) is 6.09. The van der Waals surface area contributed by atoms with Crippen LogP contribution in [0.25, 0.3) is 0 Å². The first-order valence-electron chi connectivity index (χ1n) is 10.8. The smallest absolute Gasteiger partial charge is 0.417 e. The zero-order valence-corrected chi connectivity index (χ0v) is 19.8. The van der Waals surface area contributed by atoms with Gasteiger partial charge in [-0.05, 0) is 64.4 Å². The van der Waals surface area contributed by atoms with E-state index < -0.39 is 22.8 Å². The first-order chi connectivity index (χ1) is 14.9. The molecule has 7 heteroatoms. The Labute approximate surface area is 194 Å². The Morgan fingerprint density at radius 3 is 2.31 bits per heavy atom. The van der Waals surface area contributed by atoms with E-state index in [1.54, 1.807) is 25.8 Å². The van der Waals surface area contributed by atoms with E-state index in [0.29, 0.717) is 17.9 Å². The van der Waals surface area contributed by atoms with Crippen LogP contribution < -0.4 is 5.06 Å². The first-order valence-corrected chi connectivity index (χ1v) is 11.2. The molecule has 2 saturated heterocycles. The second-order valence-corrected chi connectivity index (χ2v) is 10.6. The molecular formula is C25H29ClN2O4. The predicted octanol–water partition coefficient (Wildman–Crippen LogP) is 5.91. The number of rotatable bonds is 2. The van der Waals surface area contributed by atoms with Crippen molar-refractivity contribution in [2.45, 2.75) is 70.2 Å². The summed E-state index contributed by atoms with van der Waals surface area (Å²) in [7, 11) is 0. The molecule has 2 heterocycles. The number of benzene rings is 2. The maximum absolute atomic E-state index is 13.7. The van der Waals surface area contributed by atoms with Gasteiger partial charge in [-0.1, -0.05) is 41.9 Å². The molecular weight excluding hydrogens is 428 g/mol. The van der Waals surface area contributed by atoms with Crippen LogP contribution in [0.3, 0.4) is 0 Å². The number of hydrogen-bond donors (Lipinski definition) is 0. The van der Waals surface area contributed by atoms with Crippen LogP contribution >= 0.6 is 11.6 Å². The number of para-hydroxylation sites is 1. The summed E-state index contributed by atoms with van der Waals surface area (Å²) in [5.74, 6) is -0.367. The highest BCUT2D eigenvalue weighted by Crippen LogP contribution is 2.52. The number of amides is 2. The molecule has 2 aliphatic heterocycles. The standard InChI is InChI=1S/C25H29ClN2O4/c1-23(2,3)31-22(30)27-21(29)25(16-24(27,4)5)15-20(17-11-13-18(26)14-12-17)28(32-25)19-9-7-6-8-10-19/h6-14,20H,15-16H2,1-5H3/t20-,25+/m1/s1. The number of hydrogen-bond acceptors (Lipinski definition) is 5. The van der Waals surface area contributed by atoms with Crippen molar-refractivity contribution in [1.82, 2.24) is 4.90 Å². The molecule has 2 amide bonds. The summed E-state index contributed by atoms with van der Waals surface area (Å²) in [5.41, 5.74) is -0.805. The van der Waals surface area contributed by atoms with Crippen LogP contribution in [0, 0.1) is 0 Å². The highest BCUT2D eigenvalue weighted by atomic mass is 35.5. The van der Waals surface area contributed by atoms with Gasteiger partial charge in [0.25, 0.3) is 5.91 Å². The van der Waals surface area contributed by atoms with E-state index in [9.17, 15) is 9.59 Å². The molecule has 0 unspecified atom stereocenters. The minimum atomic E-state index is -1.17. The summed E-state index contributed by atoms with van der Waals surface area (Å²) in [6, 6.07) is 17.0. The second-order valence-electron chi connectivity index (χ2n) is 10.1. The Bertz CT molecular complexity index is 1020. The minimum absolute atomic E-state index is 0.215. The van der Waals surface area contributed by atoms with Gasteiger partial charge in [-0.2, -0.15) is 0 Å². The van der Waals surface area contributed by atoms with E-state index in [1.807, 2.05) is 68.4 Å². The Hall–Kier alpha value is -2.57. The van der Waals surface area contributed by atoms with E-state index >= 15 is 0 Å². The molecule has 6 nitrogen and oxygen atoms in total. The zero-order chi connectivity index (χ0) is 23.3. The van der Waals surface area contributed by atoms with Crippen molar-refractivity contribution in [2.24, 2.45) is 0 Å². The summed E-state index contributed by atoms with van der Waals surface area (Å²) in [6.45, 7) is 9.10. The number of imide groups is 1. The van der Waals surface area contributed by atoms with Crippen molar-refractivity contribution in [2.75, 3.05) is 5.06 Å². The van der Waals surface area contributed by atoms with E-state index in [-0.39, 0.29) is 11.9 Å². The predicted molar refractivity (Wildman–Crippen MR) is 123 cm³/mol. The van der Waals surface area contributed by atoms with E-state index in [0.717, 1.165) is 11.3 Å². The quantitative estimate of drug-likeness (QED) is 0.562. The molecule has 32 heavy (non-hydrogen) atoms. The fourth-order valence-electron chi connectivity index (χ4n) is 4.63. The molecule has 2 fully saturated rings. The average Bonchev–Trinajstić information content (AvgIpc) is 3.16. The fraction of sp³-hybridized carbons (Fsp3) is 0.440. The highest BCUT2D eigenvalue weighted by molar-refractivity contribution is 6.30. The zero-order valence-electron chi connectivity index (χ0n) is 19.1. The summed E-state index contributed by atoms with van der Waals surface area (Å²) in [4.78, 5) is 34.4.